The first-order valence-electron chi connectivity index (χ1n) is 5.80. The second-order valence-electron chi connectivity index (χ2n) is 3.85. The standard InChI is InChI=1S/C13H19NO3/c1-4-5-6-11(13(15)17-3)10-7-8-14-12(9-10)16-2/h7-9,11H,4-6H2,1-3H3. The number of nitrogens with zero attached hydrogens (tertiary/aromatic N) is 1. The summed E-state index contributed by atoms with van der Waals surface area (Å²) in [6, 6.07) is 3.62. The van der Waals surface area contributed by atoms with E-state index in [1.54, 1.807) is 19.4 Å². The highest BCUT2D eigenvalue weighted by molar-refractivity contribution is 5.78. The highest BCUT2D eigenvalue weighted by Gasteiger charge is 2.21. The van der Waals surface area contributed by atoms with Crippen molar-refractivity contribution in [2.45, 2.75) is 32.1 Å². The molecule has 0 bridgehead atoms. The summed E-state index contributed by atoms with van der Waals surface area (Å²) in [7, 11) is 2.98. The van der Waals surface area contributed by atoms with Crippen LogP contribution in [0.1, 0.15) is 37.7 Å². The van der Waals surface area contributed by atoms with E-state index >= 15 is 0 Å². The lowest BCUT2D eigenvalue weighted by molar-refractivity contribution is -0.142. The number of methoxy groups -OCH3 is 2. The Labute approximate surface area is 102 Å². The van der Waals surface area contributed by atoms with E-state index in [1.807, 2.05) is 6.07 Å². The first kappa shape index (κ1) is 13.5. The van der Waals surface area contributed by atoms with Crippen molar-refractivity contribution < 1.29 is 14.3 Å². The third-order valence-corrected chi connectivity index (χ3v) is 2.70. The van der Waals surface area contributed by atoms with Crippen LogP contribution < -0.4 is 4.74 Å². The minimum absolute atomic E-state index is 0.202. The van der Waals surface area contributed by atoms with Crippen LogP contribution in [0.5, 0.6) is 5.88 Å². The number of carbonyl (C=O) groups excluding carboxylic acids is 1. The van der Waals surface area contributed by atoms with E-state index in [4.69, 9.17) is 9.47 Å². The Morgan fingerprint density at radius 1 is 1.47 bits per heavy atom. The molecule has 0 N–H and O–H groups in total. The number of rotatable bonds is 6. The van der Waals surface area contributed by atoms with Crippen LogP contribution in [0.15, 0.2) is 18.3 Å². The Kier molecular flexibility index (Phi) is 5.46. The fourth-order valence-electron chi connectivity index (χ4n) is 1.72. The van der Waals surface area contributed by atoms with E-state index in [0.717, 1.165) is 24.8 Å². The summed E-state index contributed by atoms with van der Waals surface area (Å²) in [5, 5.41) is 0. The topological polar surface area (TPSA) is 48.4 Å². The number of pyridine rings is 1. The Bertz CT molecular complexity index is 365. The largest absolute Gasteiger partial charge is 0.481 e. The van der Waals surface area contributed by atoms with Crippen LogP contribution in [0.2, 0.25) is 0 Å². The zero-order valence-electron chi connectivity index (χ0n) is 10.6. The van der Waals surface area contributed by atoms with Gasteiger partial charge in [-0.15, -0.1) is 0 Å². The van der Waals surface area contributed by atoms with Crippen LogP contribution in [0.25, 0.3) is 0 Å². The number of esters is 1. The Morgan fingerprint density at radius 2 is 2.24 bits per heavy atom. The van der Waals surface area contributed by atoms with Gasteiger partial charge in [-0.3, -0.25) is 4.79 Å². The minimum Gasteiger partial charge on any atom is -0.481 e. The molecule has 0 saturated carbocycles. The molecule has 1 rings (SSSR count). The quantitative estimate of drug-likeness (QED) is 0.713. The van der Waals surface area contributed by atoms with Gasteiger partial charge in [-0.1, -0.05) is 19.8 Å². The molecule has 1 aromatic rings. The number of unbranched alkanes of at least 4 members (excludes halogenated alkanes) is 1. The molecule has 1 aromatic heterocycles. The predicted octanol–water partition coefficient (Wildman–Crippen LogP) is 2.54. The molecule has 0 aromatic carbocycles. The summed E-state index contributed by atoms with van der Waals surface area (Å²) in [6.07, 6.45) is 4.48. The van der Waals surface area contributed by atoms with E-state index in [0.29, 0.717) is 5.88 Å². The fourth-order valence-corrected chi connectivity index (χ4v) is 1.72. The van der Waals surface area contributed by atoms with E-state index in [-0.39, 0.29) is 11.9 Å². The molecule has 17 heavy (non-hydrogen) atoms. The molecule has 0 aliphatic rings. The third-order valence-electron chi connectivity index (χ3n) is 2.70. The maximum Gasteiger partial charge on any atom is 0.313 e. The number of hydrogen-bond donors (Lipinski definition) is 0. The summed E-state index contributed by atoms with van der Waals surface area (Å²) in [4.78, 5) is 15.8. The summed E-state index contributed by atoms with van der Waals surface area (Å²) in [5.41, 5.74) is 0.900. The zero-order chi connectivity index (χ0) is 12.7. The summed E-state index contributed by atoms with van der Waals surface area (Å²) >= 11 is 0. The molecule has 0 fully saturated rings. The lowest BCUT2D eigenvalue weighted by Crippen LogP contribution is -2.14. The highest BCUT2D eigenvalue weighted by atomic mass is 16.5. The van der Waals surface area contributed by atoms with Crippen LogP contribution in [0.4, 0.5) is 0 Å². The average Bonchev–Trinajstić information content (AvgIpc) is 2.39. The van der Waals surface area contributed by atoms with Gasteiger partial charge in [0.2, 0.25) is 5.88 Å². The van der Waals surface area contributed by atoms with E-state index in [2.05, 4.69) is 11.9 Å². The molecule has 4 nitrogen and oxygen atoms in total. The van der Waals surface area contributed by atoms with Crippen LogP contribution >= 0.6 is 0 Å². The maximum atomic E-state index is 11.7. The average molecular weight is 237 g/mol. The SMILES string of the molecule is CCCCC(C(=O)OC)c1ccnc(OC)c1. The van der Waals surface area contributed by atoms with Gasteiger partial charge in [0.15, 0.2) is 0 Å². The number of ether oxygens (including phenoxy) is 2. The van der Waals surface area contributed by atoms with Gasteiger partial charge in [0, 0.05) is 12.3 Å². The second kappa shape index (κ2) is 6.89. The first-order valence-corrected chi connectivity index (χ1v) is 5.80. The molecule has 4 heteroatoms. The molecule has 94 valence electrons. The van der Waals surface area contributed by atoms with E-state index in [1.165, 1.54) is 7.11 Å². The number of carbonyl (C=O) groups is 1. The minimum atomic E-state index is -0.225. The van der Waals surface area contributed by atoms with Crippen LogP contribution in [0, 0.1) is 0 Å². The van der Waals surface area contributed by atoms with Gasteiger partial charge >= 0.3 is 5.97 Å². The Morgan fingerprint density at radius 3 is 2.82 bits per heavy atom. The Hall–Kier alpha value is -1.58. The van der Waals surface area contributed by atoms with Crippen LogP contribution in [-0.2, 0) is 9.53 Å². The number of aromatic nitrogens is 1. The van der Waals surface area contributed by atoms with Gasteiger partial charge in [0.1, 0.15) is 0 Å². The van der Waals surface area contributed by atoms with Crippen molar-refractivity contribution >= 4 is 5.97 Å². The predicted molar refractivity (Wildman–Crippen MR) is 65.1 cm³/mol. The van der Waals surface area contributed by atoms with Gasteiger partial charge in [-0.2, -0.15) is 0 Å². The van der Waals surface area contributed by atoms with E-state index in [9.17, 15) is 4.79 Å². The third kappa shape index (κ3) is 3.73. The van der Waals surface area contributed by atoms with E-state index < -0.39 is 0 Å². The van der Waals surface area contributed by atoms with Crippen molar-refractivity contribution in [3.05, 3.63) is 23.9 Å². The van der Waals surface area contributed by atoms with Crippen LogP contribution in [-0.4, -0.2) is 25.2 Å². The molecular weight excluding hydrogens is 218 g/mol. The monoisotopic (exact) mass is 237 g/mol. The summed E-state index contributed by atoms with van der Waals surface area (Å²) < 4.78 is 9.90. The molecule has 0 amide bonds. The second-order valence-corrected chi connectivity index (χ2v) is 3.85. The molecule has 0 aliphatic heterocycles. The summed E-state index contributed by atoms with van der Waals surface area (Å²) in [6.45, 7) is 2.10. The summed E-state index contributed by atoms with van der Waals surface area (Å²) in [5.74, 6) is 0.0939. The Balaban J connectivity index is 2.90. The van der Waals surface area contributed by atoms with Crippen molar-refractivity contribution in [2.75, 3.05) is 14.2 Å². The molecule has 1 atom stereocenters. The van der Waals surface area contributed by atoms with Gasteiger partial charge in [-0.25, -0.2) is 4.98 Å². The normalized spacial score (nSPS) is 11.9. The molecule has 0 saturated heterocycles. The molecule has 0 spiro atoms. The van der Waals surface area contributed by atoms with Crippen molar-refractivity contribution in [3.63, 3.8) is 0 Å². The van der Waals surface area contributed by atoms with Gasteiger partial charge < -0.3 is 9.47 Å². The molecule has 0 aliphatic carbocycles. The van der Waals surface area contributed by atoms with Gasteiger partial charge in [0.25, 0.3) is 0 Å². The molecule has 0 radical (unpaired) electrons. The van der Waals surface area contributed by atoms with Crippen LogP contribution in [0.3, 0.4) is 0 Å². The van der Waals surface area contributed by atoms with Crippen molar-refractivity contribution in [2.24, 2.45) is 0 Å². The van der Waals surface area contributed by atoms with Crippen molar-refractivity contribution in [1.29, 1.82) is 0 Å². The van der Waals surface area contributed by atoms with Crippen molar-refractivity contribution in [3.8, 4) is 5.88 Å². The number of hydrogen-bond acceptors (Lipinski definition) is 4. The molecular formula is C13H19NO3. The first-order chi connectivity index (χ1) is 8.22. The molecule has 1 unspecified atom stereocenters. The molecule has 1 heterocycles. The van der Waals surface area contributed by atoms with Crippen molar-refractivity contribution in [1.82, 2.24) is 4.98 Å². The van der Waals surface area contributed by atoms with Gasteiger partial charge in [-0.05, 0) is 18.1 Å². The fraction of sp³-hybridized carbons (Fsp3) is 0.538. The highest BCUT2D eigenvalue weighted by Crippen LogP contribution is 2.25. The maximum absolute atomic E-state index is 11.7. The smallest absolute Gasteiger partial charge is 0.313 e. The lowest BCUT2D eigenvalue weighted by Gasteiger charge is -2.14. The lowest BCUT2D eigenvalue weighted by atomic mass is 9.94. The zero-order valence-corrected chi connectivity index (χ0v) is 10.6. The van der Waals surface area contributed by atoms with Gasteiger partial charge in [0.05, 0.1) is 20.1 Å².